The first-order chi connectivity index (χ1) is 19.6. The minimum atomic E-state index is -3.75. The van der Waals surface area contributed by atoms with Crippen molar-refractivity contribution in [3.8, 4) is 17.4 Å². The molecule has 1 saturated heterocycles. The third-order valence-electron chi connectivity index (χ3n) is 6.59. The number of rotatable bonds is 9. The second-order valence-corrected chi connectivity index (χ2v) is 13.6. The molecule has 218 valence electrons. The monoisotopic (exact) mass is 732 g/mol. The molecule has 5 rings (SSSR count). The highest BCUT2D eigenvalue weighted by Crippen LogP contribution is 2.40. The van der Waals surface area contributed by atoms with Crippen molar-refractivity contribution in [2.24, 2.45) is 5.16 Å². The van der Waals surface area contributed by atoms with Crippen LogP contribution >= 0.6 is 45.5 Å². The molecule has 2 aromatic heterocycles. The van der Waals surface area contributed by atoms with Crippen molar-refractivity contribution in [3.63, 3.8) is 0 Å². The number of amides is 1. The number of ether oxygens (including phenoxy) is 2. The number of carbonyl (C=O) groups is 1. The van der Waals surface area contributed by atoms with Gasteiger partial charge < -0.3 is 23.4 Å². The summed E-state index contributed by atoms with van der Waals surface area (Å²) >= 11 is 10.1. The number of hydrogen-bond donors (Lipinski definition) is 0. The summed E-state index contributed by atoms with van der Waals surface area (Å²) in [7, 11) is -2.24. The molecule has 2 aliphatic rings. The summed E-state index contributed by atoms with van der Waals surface area (Å²) in [6.07, 6.45) is 3.96. The number of hydrogen-bond acceptors (Lipinski definition) is 11. The van der Waals surface area contributed by atoms with E-state index in [1.807, 2.05) is 5.38 Å². The first kappa shape index (κ1) is 29.8. The fraction of sp³-hybridized carbons (Fsp3) is 0.385. The Bertz CT molecular complexity index is 1580. The minimum Gasteiger partial charge on any atom is -0.478 e. The fourth-order valence-electron chi connectivity index (χ4n) is 4.63. The number of oxime groups is 1. The number of nitrogens with zero attached hydrogens (tertiary/aromatic N) is 4. The van der Waals surface area contributed by atoms with Crippen LogP contribution in [-0.2, 0) is 19.8 Å². The van der Waals surface area contributed by atoms with E-state index in [9.17, 15) is 13.2 Å². The van der Waals surface area contributed by atoms with Gasteiger partial charge in [0.1, 0.15) is 5.71 Å². The summed E-state index contributed by atoms with van der Waals surface area (Å²) < 4.78 is 40.4. The largest absolute Gasteiger partial charge is 0.478 e. The van der Waals surface area contributed by atoms with Crippen LogP contribution in [0.15, 0.2) is 41.0 Å². The van der Waals surface area contributed by atoms with E-state index in [0.29, 0.717) is 53.1 Å². The van der Waals surface area contributed by atoms with Crippen molar-refractivity contribution in [2.75, 3.05) is 33.1 Å². The highest BCUT2D eigenvalue weighted by molar-refractivity contribution is 14.1. The van der Waals surface area contributed by atoms with E-state index in [-0.39, 0.29) is 24.2 Å². The first-order valence-electron chi connectivity index (χ1n) is 12.6. The van der Waals surface area contributed by atoms with Crippen molar-refractivity contribution >= 4 is 67.3 Å². The minimum absolute atomic E-state index is 0.0897. The van der Waals surface area contributed by atoms with Gasteiger partial charge in [-0.3, -0.25) is 4.79 Å². The summed E-state index contributed by atoms with van der Waals surface area (Å²) in [6.45, 7) is 1.12. The predicted molar refractivity (Wildman–Crippen MR) is 162 cm³/mol. The lowest BCUT2D eigenvalue weighted by molar-refractivity contribution is -0.134. The van der Waals surface area contributed by atoms with Gasteiger partial charge in [-0.05, 0) is 47.6 Å². The van der Waals surface area contributed by atoms with Crippen molar-refractivity contribution in [2.45, 2.75) is 31.3 Å². The van der Waals surface area contributed by atoms with Crippen molar-refractivity contribution in [3.05, 3.63) is 60.7 Å². The highest BCUT2D eigenvalue weighted by Gasteiger charge is 2.32. The lowest BCUT2D eigenvalue weighted by Crippen LogP contribution is -2.40. The Hall–Kier alpha value is -2.69. The second-order valence-electron chi connectivity index (χ2n) is 9.45. The molecule has 2 aliphatic heterocycles. The van der Waals surface area contributed by atoms with Crippen LogP contribution in [0, 0.1) is 3.57 Å². The van der Waals surface area contributed by atoms with E-state index in [4.69, 9.17) is 35.1 Å². The number of halogens is 2. The molecule has 0 spiro atoms. The van der Waals surface area contributed by atoms with Crippen molar-refractivity contribution < 1.29 is 31.7 Å². The van der Waals surface area contributed by atoms with E-state index in [1.54, 1.807) is 40.6 Å². The van der Waals surface area contributed by atoms with Crippen LogP contribution in [0.3, 0.4) is 0 Å². The summed E-state index contributed by atoms with van der Waals surface area (Å²) in [4.78, 5) is 29.2. The summed E-state index contributed by atoms with van der Waals surface area (Å²) in [5.41, 5.74) is 1.77. The SMILES string of the molecule is COc1ncc(I)cc1OCC(=O)N1CCC(c2nc(C3=NOC(c4c(Cl)cccc4OS(C)(=O)=O)C3)cs2)CC1. The Morgan fingerprint density at radius 1 is 1.27 bits per heavy atom. The number of aromatic nitrogens is 2. The van der Waals surface area contributed by atoms with Gasteiger partial charge in [-0.15, -0.1) is 11.3 Å². The summed E-state index contributed by atoms with van der Waals surface area (Å²) in [5, 5.41) is 7.46. The predicted octanol–water partition coefficient (Wildman–Crippen LogP) is 4.79. The van der Waals surface area contributed by atoms with Crippen LogP contribution in [-0.4, -0.2) is 68.0 Å². The molecule has 1 aromatic carbocycles. The van der Waals surface area contributed by atoms with Gasteiger partial charge in [0.25, 0.3) is 11.8 Å². The van der Waals surface area contributed by atoms with Crippen molar-refractivity contribution in [1.82, 2.24) is 14.9 Å². The number of piperidine rings is 1. The molecule has 3 aromatic rings. The number of thiazole rings is 1. The third-order valence-corrected chi connectivity index (χ3v) is 9.00. The highest BCUT2D eigenvalue weighted by atomic mass is 127. The summed E-state index contributed by atoms with van der Waals surface area (Å²) in [6, 6.07) is 6.57. The molecule has 0 radical (unpaired) electrons. The maximum atomic E-state index is 12.8. The molecule has 4 heterocycles. The van der Waals surface area contributed by atoms with Gasteiger partial charge >= 0.3 is 10.1 Å². The van der Waals surface area contributed by atoms with Crippen LogP contribution in [0.25, 0.3) is 0 Å². The molecule has 1 fully saturated rings. The molecule has 0 N–H and O–H groups in total. The van der Waals surface area contributed by atoms with Gasteiger partial charge in [-0.2, -0.15) is 8.42 Å². The number of carbonyl (C=O) groups excluding carboxylic acids is 1. The maximum Gasteiger partial charge on any atom is 0.306 e. The molecule has 11 nitrogen and oxygen atoms in total. The second kappa shape index (κ2) is 12.7. The normalized spacial score (nSPS) is 17.6. The molecule has 41 heavy (non-hydrogen) atoms. The van der Waals surface area contributed by atoms with E-state index < -0.39 is 16.2 Å². The molecule has 1 unspecified atom stereocenters. The van der Waals surface area contributed by atoms with Gasteiger partial charge in [0.15, 0.2) is 24.2 Å². The van der Waals surface area contributed by atoms with Gasteiger partial charge in [0, 0.05) is 46.6 Å². The Kier molecular flexibility index (Phi) is 9.21. The molecule has 1 amide bonds. The zero-order valence-corrected chi connectivity index (χ0v) is 26.6. The Morgan fingerprint density at radius 3 is 2.78 bits per heavy atom. The average Bonchev–Trinajstić information content (AvgIpc) is 3.61. The molecule has 1 atom stereocenters. The molecular weight excluding hydrogens is 707 g/mol. The standard InChI is InChI=1S/C26H26ClIN4O7S2/c1-36-25-22(10-16(28)12-29-25)37-13-23(33)32-8-6-15(7-9-32)26-30-19(14-40-26)18-11-21(38-31-18)24-17(27)4-3-5-20(24)39-41(2,34)35/h3-5,10,12,14-15,21H,6-9,11,13H2,1-2H3. The van der Waals surface area contributed by atoms with Gasteiger partial charge in [-0.1, -0.05) is 22.8 Å². The molecule has 0 bridgehead atoms. The topological polar surface area (TPSA) is 130 Å². The molecule has 0 aliphatic carbocycles. The number of benzene rings is 1. The van der Waals surface area contributed by atoms with Crippen LogP contribution in [0.5, 0.6) is 17.4 Å². The number of pyridine rings is 1. The van der Waals surface area contributed by atoms with Gasteiger partial charge in [0.05, 0.1) is 34.7 Å². The lowest BCUT2D eigenvalue weighted by atomic mass is 9.97. The Morgan fingerprint density at radius 2 is 2.05 bits per heavy atom. The van der Waals surface area contributed by atoms with E-state index in [1.165, 1.54) is 13.2 Å². The van der Waals surface area contributed by atoms with Crippen LogP contribution < -0.4 is 13.7 Å². The Labute approximate surface area is 260 Å². The van der Waals surface area contributed by atoms with Crippen LogP contribution in [0.1, 0.15) is 47.5 Å². The lowest BCUT2D eigenvalue weighted by Gasteiger charge is -2.31. The Balaban J connectivity index is 1.16. The zero-order chi connectivity index (χ0) is 29.1. The number of methoxy groups -OCH3 is 1. The quantitative estimate of drug-likeness (QED) is 0.225. The zero-order valence-electron chi connectivity index (χ0n) is 22.1. The van der Waals surface area contributed by atoms with E-state index >= 15 is 0 Å². The molecule has 0 saturated carbocycles. The van der Waals surface area contributed by atoms with E-state index in [2.05, 4.69) is 32.7 Å². The summed E-state index contributed by atoms with van der Waals surface area (Å²) in [5.74, 6) is 1.02. The molecule has 15 heteroatoms. The molecular formula is C26H26ClIN4O7S2. The fourth-order valence-corrected chi connectivity index (χ4v) is 6.81. The average molecular weight is 733 g/mol. The van der Waals surface area contributed by atoms with Crippen LogP contribution in [0.2, 0.25) is 5.02 Å². The third kappa shape index (κ3) is 7.21. The van der Waals surface area contributed by atoms with Gasteiger partial charge in [0.2, 0.25) is 0 Å². The maximum absolute atomic E-state index is 12.8. The smallest absolute Gasteiger partial charge is 0.306 e. The van der Waals surface area contributed by atoms with Crippen LogP contribution in [0.4, 0.5) is 0 Å². The van der Waals surface area contributed by atoms with Gasteiger partial charge in [-0.25, -0.2) is 9.97 Å². The van der Waals surface area contributed by atoms with E-state index in [0.717, 1.165) is 27.7 Å². The number of likely N-dealkylation sites (tertiary alicyclic amines) is 1. The first-order valence-corrected chi connectivity index (χ1v) is 16.7. The van der Waals surface area contributed by atoms with Crippen molar-refractivity contribution in [1.29, 1.82) is 0 Å².